The summed E-state index contributed by atoms with van der Waals surface area (Å²) in [7, 11) is 2.97. The monoisotopic (exact) mass is 242 g/mol. The van der Waals surface area contributed by atoms with Gasteiger partial charge in [0, 0.05) is 32.6 Å². The molecule has 0 aromatic carbocycles. The van der Waals surface area contributed by atoms with E-state index in [1.807, 2.05) is 0 Å². The summed E-state index contributed by atoms with van der Waals surface area (Å²) in [5.41, 5.74) is 0.473. The van der Waals surface area contributed by atoms with Crippen LogP contribution in [0.15, 0.2) is 11.6 Å². The van der Waals surface area contributed by atoms with E-state index < -0.39 is 12.4 Å². The van der Waals surface area contributed by atoms with Gasteiger partial charge < -0.3 is 14.2 Å². The van der Waals surface area contributed by atoms with Crippen molar-refractivity contribution in [2.45, 2.75) is 38.6 Å². The number of esters is 1. The fourth-order valence-corrected chi connectivity index (χ4v) is 1.69. The van der Waals surface area contributed by atoms with E-state index in [0.29, 0.717) is 24.8 Å². The summed E-state index contributed by atoms with van der Waals surface area (Å²) in [6.45, 7) is 1.72. The van der Waals surface area contributed by atoms with Crippen LogP contribution in [0.2, 0.25) is 0 Å². The predicted octanol–water partition coefficient (Wildman–Crippen LogP) is 1.22. The van der Waals surface area contributed by atoms with Crippen LogP contribution in [-0.2, 0) is 23.8 Å². The summed E-state index contributed by atoms with van der Waals surface area (Å²) in [6, 6.07) is 0. The van der Waals surface area contributed by atoms with Crippen molar-refractivity contribution in [1.82, 2.24) is 0 Å². The molecular weight excluding hydrogens is 224 g/mol. The quantitative estimate of drug-likeness (QED) is 0.412. The summed E-state index contributed by atoms with van der Waals surface area (Å²) in [5, 5.41) is 0. The van der Waals surface area contributed by atoms with Gasteiger partial charge in [0.05, 0.1) is 0 Å². The van der Waals surface area contributed by atoms with Crippen molar-refractivity contribution in [3.63, 3.8) is 0 Å². The van der Waals surface area contributed by atoms with Crippen molar-refractivity contribution in [2.75, 3.05) is 14.2 Å². The third-order valence-corrected chi connectivity index (χ3v) is 2.65. The lowest BCUT2D eigenvalue weighted by atomic mass is 10.1. The fraction of sp³-hybridized carbons (Fsp3) is 0.667. The minimum absolute atomic E-state index is 0.0157. The van der Waals surface area contributed by atoms with Gasteiger partial charge in [0.25, 0.3) is 0 Å². The van der Waals surface area contributed by atoms with Gasteiger partial charge in [-0.2, -0.15) is 0 Å². The van der Waals surface area contributed by atoms with Gasteiger partial charge in [-0.15, -0.1) is 0 Å². The average Bonchev–Trinajstić information content (AvgIpc) is 2.67. The molecule has 5 heteroatoms. The van der Waals surface area contributed by atoms with E-state index in [-0.39, 0.29) is 11.8 Å². The Labute approximate surface area is 101 Å². The Kier molecular flexibility index (Phi) is 5.31. The molecule has 1 rings (SSSR count). The maximum absolute atomic E-state index is 11.7. The highest BCUT2D eigenvalue weighted by atomic mass is 16.7. The maximum atomic E-state index is 11.7. The van der Waals surface area contributed by atoms with Crippen molar-refractivity contribution in [2.24, 2.45) is 0 Å². The fourth-order valence-electron chi connectivity index (χ4n) is 1.69. The second kappa shape index (κ2) is 6.51. The van der Waals surface area contributed by atoms with E-state index >= 15 is 0 Å². The Balaban J connectivity index is 2.77. The van der Waals surface area contributed by atoms with Gasteiger partial charge >= 0.3 is 5.97 Å². The van der Waals surface area contributed by atoms with Gasteiger partial charge in [0.1, 0.15) is 6.10 Å². The lowest BCUT2D eigenvalue weighted by Gasteiger charge is -2.15. The van der Waals surface area contributed by atoms with Crippen LogP contribution in [0.5, 0.6) is 0 Å². The highest BCUT2D eigenvalue weighted by Crippen LogP contribution is 2.25. The van der Waals surface area contributed by atoms with Crippen LogP contribution in [-0.4, -0.2) is 38.4 Å². The van der Waals surface area contributed by atoms with Crippen molar-refractivity contribution in [3.8, 4) is 0 Å². The molecule has 1 aliphatic rings. The van der Waals surface area contributed by atoms with Crippen molar-refractivity contribution in [3.05, 3.63) is 11.6 Å². The second-order valence-electron chi connectivity index (χ2n) is 3.76. The molecule has 1 atom stereocenters. The van der Waals surface area contributed by atoms with Crippen LogP contribution in [0.4, 0.5) is 0 Å². The van der Waals surface area contributed by atoms with Gasteiger partial charge in [-0.05, 0) is 12.5 Å². The maximum Gasteiger partial charge on any atom is 0.306 e. The highest BCUT2D eigenvalue weighted by Gasteiger charge is 2.32. The number of hydrogen-bond donors (Lipinski definition) is 0. The third kappa shape index (κ3) is 3.64. The summed E-state index contributed by atoms with van der Waals surface area (Å²) in [5.74, 6) is -0.319. The Hall–Kier alpha value is -1.20. The lowest BCUT2D eigenvalue weighted by Crippen LogP contribution is -2.20. The molecule has 1 aliphatic carbocycles. The van der Waals surface area contributed by atoms with E-state index in [4.69, 9.17) is 14.2 Å². The third-order valence-electron chi connectivity index (χ3n) is 2.65. The van der Waals surface area contributed by atoms with Gasteiger partial charge in [-0.3, -0.25) is 9.59 Å². The van der Waals surface area contributed by atoms with Crippen molar-refractivity contribution < 1.29 is 23.8 Å². The topological polar surface area (TPSA) is 61.8 Å². The summed E-state index contributed by atoms with van der Waals surface area (Å²) in [4.78, 5) is 22.9. The highest BCUT2D eigenvalue weighted by molar-refractivity contribution is 5.99. The van der Waals surface area contributed by atoms with Gasteiger partial charge in [0.2, 0.25) is 0 Å². The Bertz CT molecular complexity index is 317. The molecule has 0 aromatic rings. The molecule has 96 valence electrons. The molecule has 1 saturated carbocycles. The number of methoxy groups -OCH3 is 2. The largest absolute Gasteiger partial charge is 0.457 e. The van der Waals surface area contributed by atoms with Gasteiger partial charge in [0.15, 0.2) is 12.1 Å². The molecule has 0 amide bonds. The van der Waals surface area contributed by atoms with Gasteiger partial charge in [-0.1, -0.05) is 6.92 Å². The standard InChI is InChI=1S/C12H18O5/c1-4-11(14)17-10-6-5-9(13)8(10)7-12(15-2)16-3/h7,10,12H,4-6H2,1-3H3. The molecule has 0 heterocycles. The number of ether oxygens (including phenoxy) is 3. The number of carbonyl (C=O) groups excluding carboxylic acids is 2. The molecule has 1 unspecified atom stereocenters. The van der Waals surface area contributed by atoms with Crippen molar-refractivity contribution in [1.29, 1.82) is 0 Å². The molecule has 0 bridgehead atoms. The molecule has 0 spiro atoms. The van der Waals surface area contributed by atoms with Crippen LogP contribution < -0.4 is 0 Å². The molecule has 0 saturated heterocycles. The zero-order chi connectivity index (χ0) is 12.8. The van der Waals surface area contributed by atoms with E-state index in [2.05, 4.69) is 0 Å². The van der Waals surface area contributed by atoms with Crippen LogP contribution in [0.25, 0.3) is 0 Å². The van der Waals surface area contributed by atoms with Crippen LogP contribution in [0.3, 0.4) is 0 Å². The second-order valence-corrected chi connectivity index (χ2v) is 3.76. The molecular formula is C12H18O5. The van der Waals surface area contributed by atoms with Crippen LogP contribution in [0, 0.1) is 0 Å². The summed E-state index contributed by atoms with van der Waals surface area (Å²) >= 11 is 0. The lowest BCUT2D eigenvalue weighted by molar-refractivity contribution is -0.146. The normalized spacial score (nSPS) is 22.5. The Morgan fingerprint density at radius 3 is 2.65 bits per heavy atom. The number of carbonyl (C=O) groups is 2. The smallest absolute Gasteiger partial charge is 0.306 e. The first-order valence-electron chi connectivity index (χ1n) is 5.62. The summed E-state index contributed by atoms with van der Waals surface area (Å²) < 4.78 is 15.2. The zero-order valence-corrected chi connectivity index (χ0v) is 10.4. The van der Waals surface area contributed by atoms with E-state index in [1.54, 1.807) is 13.0 Å². The first-order chi connectivity index (χ1) is 8.12. The van der Waals surface area contributed by atoms with E-state index in [9.17, 15) is 9.59 Å². The Morgan fingerprint density at radius 1 is 1.47 bits per heavy atom. The SMILES string of the molecule is CCC(=O)OC1CCC(=O)C1=CC(OC)OC. The number of hydrogen-bond acceptors (Lipinski definition) is 5. The number of ketones is 1. The number of rotatable bonds is 5. The predicted molar refractivity (Wildman–Crippen MR) is 60.3 cm³/mol. The Morgan fingerprint density at radius 2 is 2.12 bits per heavy atom. The molecule has 0 aliphatic heterocycles. The first kappa shape index (κ1) is 13.9. The van der Waals surface area contributed by atoms with Crippen molar-refractivity contribution >= 4 is 11.8 Å². The summed E-state index contributed by atoms with van der Waals surface area (Å²) in [6.07, 6.45) is 1.76. The van der Waals surface area contributed by atoms with Gasteiger partial charge in [-0.25, -0.2) is 0 Å². The minimum atomic E-state index is -0.588. The minimum Gasteiger partial charge on any atom is -0.457 e. The molecule has 0 radical (unpaired) electrons. The zero-order valence-electron chi connectivity index (χ0n) is 10.4. The molecule has 5 nitrogen and oxygen atoms in total. The molecule has 17 heavy (non-hydrogen) atoms. The molecule has 0 N–H and O–H groups in total. The number of Topliss-reactive ketones (excluding diaryl/α,β-unsaturated/α-hetero) is 1. The molecule has 0 aromatic heterocycles. The van der Waals surface area contributed by atoms with E-state index in [1.165, 1.54) is 14.2 Å². The average molecular weight is 242 g/mol. The van der Waals surface area contributed by atoms with Crippen LogP contribution >= 0.6 is 0 Å². The first-order valence-corrected chi connectivity index (χ1v) is 5.62. The molecule has 1 fully saturated rings. The van der Waals surface area contributed by atoms with Crippen LogP contribution in [0.1, 0.15) is 26.2 Å². The van der Waals surface area contributed by atoms with E-state index in [0.717, 1.165) is 0 Å².